The SMILES string of the molecule is Cc1ccc(C2C=CC(C3CCC(C4CCC(C)CC4)CC3)=CC2)cc1. The van der Waals surface area contributed by atoms with Crippen LogP contribution in [0.25, 0.3) is 0 Å². The molecule has 0 radical (unpaired) electrons. The second-order valence-electron chi connectivity index (χ2n) is 9.45. The summed E-state index contributed by atoms with van der Waals surface area (Å²) in [5.74, 6) is 4.49. The van der Waals surface area contributed by atoms with Crippen molar-refractivity contribution in [1.29, 1.82) is 0 Å². The lowest BCUT2D eigenvalue weighted by Gasteiger charge is -2.38. The lowest BCUT2D eigenvalue weighted by Crippen LogP contribution is -2.25. The van der Waals surface area contributed by atoms with E-state index in [9.17, 15) is 0 Å². The van der Waals surface area contributed by atoms with Crippen LogP contribution < -0.4 is 0 Å². The average Bonchev–Trinajstić information content (AvgIpc) is 2.70. The normalized spacial score (nSPS) is 35.2. The summed E-state index contributed by atoms with van der Waals surface area (Å²) >= 11 is 0. The van der Waals surface area contributed by atoms with E-state index in [4.69, 9.17) is 0 Å². The van der Waals surface area contributed by atoms with E-state index in [2.05, 4.69) is 56.3 Å². The van der Waals surface area contributed by atoms with Gasteiger partial charge in [-0.1, -0.05) is 67.8 Å². The quantitative estimate of drug-likeness (QED) is 0.527. The third-order valence-electron chi connectivity index (χ3n) is 7.60. The van der Waals surface area contributed by atoms with Crippen LogP contribution in [0.4, 0.5) is 0 Å². The molecule has 0 bridgehead atoms. The standard InChI is InChI=1S/C26H36/c1-19-3-7-21(8-4-19)23-11-15-25(16-12-23)26-17-13-24(14-18-26)22-9-5-20(2)6-10-22/h3-4,7-8,11,15-16,20,22-24,26H,5-6,9-10,12-14,17-18H2,1-2H3. The van der Waals surface area contributed by atoms with Gasteiger partial charge in [-0.2, -0.15) is 0 Å². The molecular formula is C26H36. The second-order valence-corrected chi connectivity index (χ2v) is 9.45. The second kappa shape index (κ2) is 8.15. The molecule has 3 aliphatic rings. The summed E-state index contributed by atoms with van der Waals surface area (Å²) in [6.45, 7) is 4.61. The molecule has 0 nitrogen and oxygen atoms in total. The summed E-state index contributed by atoms with van der Waals surface area (Å²) in [6, 6.07) is 9.10. The third kappa shape index (κ3) is 4.16. The topological polar surface area (TPSA) is 0 Å². The van der Waals surface area contributed by atoms with Gasteiger partial charge in [-0.15, -0.1) is 0 Å². The minimum absolute atomic E-state index is 0.583. The maximum atomic E-state index is 2.55. The first-order chi connectivity index (χ1) is 12.7. The smallest absolute Gasteiger partial charge is 0.00559 e. The Morgan fingerprint density at radius 2 is 1.38 bits per heavy atom. The minimum Gasteiger partial charge on any atom is -0.0801 e. The van der Waals surface area contributed by atoms with Crippen LogP contribution in [0.3, 0.4) is 0 Å². The van der Waals surface area contributed by atoms with Crippen molar-refractivity contribution in [2.75, 3.05) is 0 Å². The van der Waals surface area contributed by atoms with Crippen LogP contribution in [-0.4, -0.2) is 0 Å². The largest absolute Gasteiger partial charge is 0.0801 e. The molecule has 1 atom stereocenters. The summed E-state index contributed by atoms with van der Waals surface area (Å²) in [4.78, 5) is 0. The lowest BCUT2D eigenvalue weighted by atomic mass is 9.68. The molecule has 4 rings (SSSR count). The van der Waals surface area contributed by atoms with Gasteiger partial charge in [-0.05, 0) is 86.7 Å². The third-order valence-corrected chi connectivity index (χ3v) is 7.60. The molecule has 0 N–H and O–H groups in total. The monoisotopic (exact) mass is 348 g/mol. The molecule has 1 aromatic rings. The molecule has 0 aromatic heterocycles. The number of benzene rings is 1. The van der Waals surface area contributed by atoms with Crippen LogP contribution in [0.15, 0.2) is 48.1 Å². The summed E-state index contributed by atoms with van der Waals surface area (Å²) in [7, 11) is 0. The highest BCUT2D eigenvalue weighted by atomic mass is 14.4. The Labute approximate surface area is 160 Å². The zero-order valence-corrected chi connectivity index (χ0v) is 16.8. The molecule has 1 unspecified atom stereocenters. The molecule has 1 aromatic carbocycles. The van der Waals surface area contributed by atoms with Crippen LogP contribution >= 0.6 is 0 Å². The van der Waals surface area contributed by atoms with Gasteiger partial charge < -0.3 is 0 Å². The zero-order valence-electron chi connectivity index (χ0n) is 16.8. The summed E-state index contributed by atoms with van der Waals surface area (Å²) in [6.07, 6.45) is 20.5. The highest BCUT2D eigenvalue weighted by Gasteiger charge is 2.31. The Balaban J connectivity index is 1.29. The Morgan fingerprint density at radius 3 is 1.96 bits per heavy atom. The van der Waals surface area contributed by atoms with Crippen LogP contribution in [0.2, 0.25) is 0 Å². The molecule has 2 saturated carbocycles. The van der Waals surface area contributed by atoms with Gasteiger partial charge in [0.1, 0.15) is 0 Å². The van der Waals surface area contributed by atoms with Gasteiger partial charge in [0, 0.05) is 5.92 Å². The highest BCUT2D eigenvalue weighted by Crippen LogP contribution is 2.43. The van der Waals surface area contributed by atoms with Gasteiger partial charge in [-0.3, -0.25) is 0 Å². The maximum absolute atomic E-state index is 2.55. The molecule has 2 fully saturated rings. The van der Waals surface area contributed by atoms with Gasteiger partial charge in [0.2, 0.25) is 0 Å². The molecule has 0 saturated heterocycles. The fourth-order valence-corrected chi connectivity index (χ4v) is 5.68. The van der Waals surface area contributed by atoms with Crippen molar-refractivity contribution in [3.63, 3.8) is 0 Å². The maximum Gasteiger partial charge on any atom is 0.00559 e. The van der Waals surface area contributed by atoms with E-state index in [1.807, 2.05) is 0 Å². The van der Waals surface area contributed by atoms with Crippen molar-refractivity contribution in [1.82, 2.24) is 0 Å². The van der Waals surface area contributed by atoms with Crippen LogP contribution in [0.1, 0.15) is 81.8 Å². The predicted octanol–water partition coefficient (Wildman–Crippen LogP) is 7.60. The molecule has 0 amide bonds. The van der Waals surface area contributed by atoms with Crippen LogP contribution in [0.5, 0.6) is 0 Å². The van der Waals surface area contributed by atoms with Crippen molar-refractivity contribution in [3.8, 4) is 0 Å². The fraction of sp³-hybridized carbons (Fsp3) is 0.615. The van der Waals surface area contributed by atoms with Crippen molar-refractivity contribution in [2.45, 2.75) is 77.6 Å². The first-order valence-electron chi connectivity index (χ1n) is 11.1. The van der Waals surface area contributed by atoms with Gasteiger partial charge >= 0.3 is 0 Å². The molecule has 26 heavy (non-hydrogen) atoms. The first-order valence-corrected chi connectivity index (χ1v) is 11.1. The number of hydrogen-bond donors (Lipinski definition) is 0. The average molecular weight is 349 g/mol. The number of aryl methyl sites for hydroxylation is 1. The summed E-state index contributed by atoms with van der Waals surface area (Å²) in [5.41, 5.74) is 4.47. The van der Waals surface area contributed by atoms with E-state index in [-0.39, 0.29) is 0 Å². The van der Waals surface area contributed by atoms with E-state index >= 15 is 0 Å². The fourth-order valence-electron chi connectivity index (χ4n) is 5.68. The first kappa shape index (κ1) is 18.1. The highest BCUT2D eigenvalue weighted by molar-refractivity contribution is 5.35. The van der Waals surface area contributed by atoms with E-state index in [0.29, 0.717) is 5.92 Å². The van der Waals surface area contributed by atoms with E-state index < -0.39 is 0 Å². The van der Waals surface area contributed by atoms with Crippen molar-refractivity contribution < 1.29 is 0 Å². The number of rotatable bonds is 3. The Bertz CT molecular complexity index is 631. The van der Waals surface area contributed by atoms with Crippen molar-refractivity contribution in [3.05, 3.63) is 59.2 Å². The molecule has 3 aliphatic carbocycles. The van der Waals surface area contributed by atoms with Gasteiger partial charge in [0.25, 0.3) is 0 Å². The molecule has 0 aliphatic heterocycles. The molecule has 140 valence electrons. The minimum atomic E-state index is 0.583. The lowest BCUT2D eigenvalue weighted by molar-refractivity contribution is 0.159. The number of allylic oxidation sites excluding steroid dienone is 4. The summed E-state index contributed by atoms with van der Waals surface area (Å²) in [5, 5.41) is 0. The Hall–Kier alpha value is -1.30. The molecule has 0 heterocycles. The van der Waals surface area contributed by atoms with Gasteiger partial charge in [0.15, 0.2) is 0 Å². The molecular weight excluding hydrogens is 312 g/mol. The Kier molecular flexibility index (Phi) is 5.67. The summed E-state index contributed by atoms with van der Waals surface area (Å²) < 4.78 is 0. The van der Waals surface area contributed by atoms with Crippen LogP contribution in [-0.2, 0) is 0 Å². The Morgan fingerprint density at radius 1 is 0.769 bits per heavy atom. The molecule has 0 heteroatoms. The van der Waals surface area contributed by atoms with Gasteiger partial charge in [0.05, 0.1) is 0 Å². The van der Waals surface area contributed by atoms with E-state index in [0.717, 1.165) is 23.7 Å². The van der Waals surface area contributed by atoms with Crippen molar-refractivity contribution in [2.24, 2.45) is 23.7 Å². The van der Waals surface area contributed by atoms with E-state index in [1.165, 1.54) is 68.9 Å². The molecule has 0 spiro atoms. The number of hydrogen-bond acceptors (Lipinski definition) is 0. The zero-order chi connectivity index (χ0) is 17.9. The van der Waals surface area contributed by atoms with Crippen molar-refractivity contribution >= 4 is 0 Å². The predicted molar refractivity (Wildman–Crippen MR) is 112 cm³/mol. The van der Waals surface area contributed by atoms with Crippen LogP contribution in [0, 0.1) is 30.6 Å². The van der Waals surface area contributed by atoms with E-state index in [1.54, 1.807) is 5.57 Å². The van der Waals surface area contributed by atoms with Gasteiger partial charge in [-0.25, -0.2) is 0 Å².